The van der Waals surface area contributed by atoms with Crippen LogP contribution in [0.25, 0.3) is 0 Å². The highest BCUT2D eigenvalue weighted by atomic mass is 16.5. The fraction of sp³-hybridized carbons (Fsp3) is 0.409. The van der Waals surface area contributed by atoms with Crippen molar-refractivity contribution in [1.29, 1.82) is 0 Å². The monoisotopic (exact) mass is 384 g/mol. The molecule has 1 atom stereocenters. The fourth-order valence-corrected chi connectivity index (χ4v) is 3.41. The van der Waals surface area contributed by atoms with Crippen LogP contribution in [0.3, 0.4) is 0 Å². The Bertz CT molecular complexity index is 738. The van der Waals surface area contributed by atoms with E-state index in [1.54, 1.807) is 32.4 Å². The summed E-state index contributed by atoms with van der Waals surface area (Å²) < 4.78 is 16.0. The van der Waals surface area contributed by atoms with Crippen LogP contribution in [0.5, 0.6) is 11.5 Å². The van der Waals surface area contributed by atoms with Gasteiger partial charge in [0.05, 0.1) is 27.4 Å². The van der Waals surface area contributed by atoms with E-state index in [0.717, 1.165) is 32.7 Å². The van der Waals surface area contributed by atoms with Crippen LogP contribution >= 0.6 is 0 Å². The maximum absolute atomic E-state index is 12.8. The van der Waals surface area contributed by atoms with Crippen molar-refractivity contribution in [2.45, 2.75) is 12.5 Å². The lowest BCUT2D eigenvalue weighted by atomic mass is 10.0. The largest absolute Gasteiger partial charge is 0.497 e. The van der Waals surface area contributed by atoms with E-state index in [1.165, 1.54) is 5.56 Å². The lowest BCUT2D eigenvalue weighted by Crippen LogP contribution is -2.49. The Morgan fingerprint density at radius 1 is 1.07 bits per heavy atom. The first-order valence-electron chi connectivity index (χ1n) is 9.56. The molecule has 1 N–H and O–H groups in total. The predicted octanol–water partition coefficient (Wildman–Crippen LogP) is 2.38. The summed E-state index contributed by atoms with van der Waals surface area (Å²) >= 11 is 0. The summed E-state index contributed by atoms with van der Waals surface area (Å²) in [4.78, 5) is 15.1. The number of nitrogens with one attached hydrogen (secondary N) is 1. The summed E-state index contributed by atoms with van der Waals surface area (Å²) in [5.41, 5.74) is 1.79. The van der Waals surface area contributed by atoms with Gasteiger partial charge in [-0.1, -0.05) is 30.3 Å². The molecule has 2 aromatic carbocycles. The molecule has 6 heteroatoms. The Morgan fingerprint density at radius 3 is 2.32 bits per heavy atom. The second kappa shape index (κ2) is 10.1. The van der Waals surface area contributed by atoms with Crippen LogP contribution < -0.4 is 14.8 Å². The van der Waals surface area contributed by atoms with Gasteiger partial charge in [-0.15, -0.1) is 0 Å². The quantitative estimate of drug-likeness (QED) is 0.757. The molecular formula is C22H28N2O4. The van der Waals surface area contributed by atoms with Crippen molar-refractivity contribution in [3.05, 3.63) is 59.7 Å². The second-order valence-corrected chi connectivity index (χ2v) is 6.80. The number of ether oxygens (including phenoxy) is 3. The molecule has 0 aliphatic carbocycles. The van der Waals surface area contributed by atoms with Crippen molar-refractivity contribution in [3.8, 4) is 11.5 Å². The van der Waals surface area contributed by atoms with Crippen LogP contribution in [0.15, 0.2) is 48.5 Å². The molecule has 0 saturated carbocycles. The van der Waals surface area contributed by atoms with Gasteiger partial charge in [-0.25, -0.2) is 0 Å². The number of amides is 1. The van der Waals surface area contributed by atoms with Gasteiger partial charge in [0, 0.05) is 37.3 Å². The zero-order valence-corrected chi connectivity index (χ0v) is 16.5. The van der Waals surface area contributed by atoms with E-state index >= 15 is 0 Å². The molecule has 3 rings (SSSR count). The average molecular weight is 384 g/mol. The van der Waals surface area contributed by atoms with E-state index < -0.39 is 0 Å². The number of hydrogen-bond donors (Lipinski definition) is 1. The molecule has 1 heterocycles. The van der Waals surface area contributed by atoms with Gasteiger partial charge in [-0.05, 0) is 24.1 Å². The van der Waals surface area contributed by atoms with Gasteiger partial charge in [0.1, 0.15) is 11.5 Å². The van der Waals surface area contributed by atoms with Gasteiger partial charge in [-0.3, -0.25) is 9.69 Å². The summed E-state index contributed by atoms with van der Waals surface area (Å²) in [6, 6.07) is 15.8. The molecule has 0 radical (unpaired) electrons. The van der Waals surface area contributed by atoms with E-state index in [0.29, 0.717) is 23.6 Å². The number of carbonyl (C=O) groups is 1. The zero-order valence-electron chi connectivity index (χ0n) is 16.5. The van der Waals surface area contributed by atoms with E-state index in [-0.39, 0.29) is 11.9 Å². The van der Waals surface area contributed by atoms with Crippen molar-refractivity contribution in [1.82, 2.24) is 10.2 Å². The topological polar surface area (TPSA) is 60.0 Å². The van der Waals surface area contributed by atoms with E-state index in [2.05, 4.69) is 22.3 Å². The van der Waals surface area contributed by atoms with Crippen LogP contribution in [0, 0.1) is 0 Å². The van der Waals surface area contributed by atoms with Crippen molar-refractivity contribution in [2.24, 2.45) is 0 Å². The molecule has 2 aromatic rings. The zero-order chi connectivity index (χ0) is 19.8. The third kappa shape index (κ3) is 5.47. The Labute approximate surface area is 166 Å². The molecule has 6 nitrogen and oxygen atoms in total. The second-order valence-electron chi connectivity index (χ2n) is 6.80. The Kier molecular flexibility index (Phi) is 7.28. The molecule has 0 spiro atoms. The minimum Gasteiger partial charge on any atom is -0.497 e. The molecule has 28 heavy (non-hydrogen) atoms. The molecule has 0 aromatic heterocycles. The van der Waals surface area contributed by atoms with E-state index in [4.69, 9.17) is 14.2 Å². The number of carbonyl (C=O) groups excluding carboxylic acids is 1. The summed E-state index contributed by atoms with van der Waals surface area (Å²) in [7, 11) is 3.15. The van der Waals surface area contributed by atoms with Gasteiger partial charge in [0.2, 0.25) is 0 Å². The third-order valence-corrected chi connectivity index (χ3v) is 4.99. The molecule has 1 saturated heterocycles. The minimum atomic E-state index is -0.136. The first-order chi connectivity index (χ1) is 13.7. The fourth-order valence-electron chi connectivity index (χ4n) is 3.41. The molecule has 1 aliphatic heterocycles. The molecule has 1 aliphatic rings. The number of rotatable bonds is 8. The summed E-state index contributed by atoms with van der Waals surface area (Å²) in [6.45, 7) is 3.77. The van der Waals surface area contributed by atoms with Crippen LogP contribution in [-0.2, 0) is 11.2 Å². The van der Waals surface area contributed by atoms with Crippen LogP contribution in [0.4, 0.5) is 0 Å². The number of morpholine rings is 1. The smallest absolute Gasteiger partial charge is 0.251 e. The van der Waals surface area contributed by atoms with Gasteiger partial charge in [0.25, 0.3) is 5.91 Å². The highest BCUT2D eigenvalue weighted by molar-refractivity contribution is 5.95. The third-order valence-electron chi connectivity index (χ3n) is 4.99. The molecule has 1 amide bonds. The SMILES string of the molecule is COc1cc(OC)cc(C(=O)NCC(Cc2ccccc2)N2CCOCC2)c1. The molecule has 1 fully saturated rings. The number of benzene rings is 2. The van der Waals surface area contributed by atoms with Crippen LogP contribution in [-0.4, -0.2) is 63.9 Å². The first kappa shape index (κ1) is 20.2. The molecule has 0 bridgehead atoms. The maximum Gasteiger partial charge on any atom is 0.251 e. The lowest BCUT2D eigenvalue weighted by Gasteiger charge is -2.34. The van der Waals surface area contributed by atoms with Crippen LogP contribution in [0.1, 0.15) is 15.9 Å². The maximum atomic E-state index is 12.8. The van der Waals surface area contributed by atoms with Gasteiger partial charge in [0.15, 0.2) is 0 Å². The van der Waals surface area contributed by atoms with Crippen molar-refractivity contribution >= 4 is 5.91 Å². The average Bonchev–Trinajstić information content (AvgIpc) is 2.77. The predicted molar refractivity (Wildman–Crippen MR) is 108 cm³/mol. The van der Waals surface area contributed by atoms with Crippen molar-refractivity contribution in [3.63, 3.8) is 0 Å². The standard InChI is InChI=1S/C22H28N2O4/c1-26-20-13-18(14-21(15-20)27-2)22(25)23-16-19(24-8-10-28-11-9-24)12-17-6-4-3-5-7-17/h3-7,13-15,19H,8-12,16H2,1-2H3,(H,23,25). The van der Waals surface area contributed by atoms with Gasteiger partial charge < -0.3 is 19.5 Å². The molecule has 150 valence electrons. The van der Waals surface area contributed by atoms with E-state index in [9.17, 15) is 4.79 Å². The Hall–Kier alpha value is -2.57. The number of hydrogen-bond acceptors (Lipinski definition) is 5. The number of methoxy groups -OCH3 is 2. The first-order valence-corrected chi connectivity index (χ1v) is 9.56. The van der Waals surface area contributed by atoms with Crippen LogP contribution in [0.2, 0.25) is 0 Å². The summed E-state index contributed by atoms with van der Waals surface area (Å²) in [5.74, 6) is 1.06. The highest BCUT2D eigenvalue weighted by Gasteiger charge is 2.22. The van der Waals surface area contributed by atoms with Gasteiger partial charge in [-0.2, -0.15) is 0 Å². The number of nitrogens with zero attached hydrogens (tertiary/aromatic N) is 1. The molecule has 1 unspecified atom stereocenters. The summed E-state index contributed by atoms with van der Waals surface area (Å²) in [5, 5.41) is 3.09. The van der Waals surface area contributed by atoms with E-state index in [1.807, 2.05) is 18.2 Å². The van der Waals surface area contributed by atoms with Gasteiger partial charge >= 0.3 is 0 Å². The molecular weight excluding hydrogens is 356 g/mol. The summed E-state index contributed by atoms with van der Waals surface area (Å²) in [6.07, 6.45) is 0.878. The van der Waals surface area contributed by atoms with Crippen molar-refractivity contribution in [2.75, 3.05) is 47.1 Å². The lowest BCUT2D eigenvalue weighted by molar-refractivity contribution is 0.0167. The Balaban J connectivity index is 1.69. The highest BCUT2D eigenvalue weighted by Crippen LogP contribution is 2.22. The Morgan fingerprint density at radius 2 is 1.71 bits per heavy atom. The normalized spacial score (nSPS) is 15.6. The minimum absolute atomic E-state index is 0.136. The van der Waals surface area contributed by atoms with Crippen molar-refractivity contribution < 1.29 is 19.0 Å².